The average Bonchev–Trinajstić information content (AvgIpc) is 2.89. The molecule has 0 bridgehead atoms. The average molecular weight is 379 g/mol. The third kappa shape index (κ3) is 4.91. The Balaban J connectivity index is 2.08. The van der Waals surface area contributed by atoms with Gasteiger partial charge < -0.3 is 9.53 Å². The standard InChI is InChI=1S/C23H42O2Si/c1-8-11-21-20(14-15-22(21)24)19(9-2)17-12-10-13-18(16-17)25-26(6,7)23(3,4)5/h8,14,17-19,21-22,24H,1,9-13,15-16H2,2-7H3. The summed E-state index contributed by atoms with van der Waals surface area (Å²) in [6, 6.07) is 0. The molecule has 3 heteroatoms. The topological polar surface area (TPSA) is 29.5 Å². The summed E-state index contributed by atoms with van der Waals surface area (Å²) in [5.41, 5.74) is 1.51. The van der Waals surface area contributed by atoms with E-state index < -0.39 is 8.32 Å². The zero-order valence-electron chi connectivity index (χ0n) is 18.1. The van der Waals surface area contributed by atoms with Crippen molar-refractivity contribution in [1.29, 1.82) is 0 Å². The molecule has 1 saturated carbocycles. The SMILES string of the molecule is C=CCC1C(C(CC)C2CCCC(O[Si](C)(C)C(C)(C)C)C2)=CCC1O. The molecule has 0 amide bonds. The van der Waals surface area contributed by atoms with Crippen LogP contribution in [0.1, 0.15) is 72.6 Å². The van der Waals surface area contributed by atoms with Crippen LogP contribution in [0.2, 0.25) is 18.1 Å². The monoisotopic (exact) mass is 378 g/mol. The lowest BCUT2D eigenvalue weighted by Gasteiger charge is -2.43. The Kier molecular flexibility index (Phi) is 7.37. The van der Waals surface area contributed by atoms with Gasteiger partial charge in [0.2, 0.25) is 0 Å². The highest BCUT2D eigenvalue weighted by atomic mass is 28.4. The second kappa shape index (κ2) is 8.75. The van der Waals surface area contributed by atoms with E-state index in [1.54, 1.807) is 0 Å². The Morgan fingerprint density at radius 2 is 2.04 bits per heavy atom. The maximum atomic E-state index is 10.4. The number of aliphatic hydroxyl groups is 1. The summed E-state index contributed by atoms with van der Waals surface area (Å²) in [5, 5.41) is 10.7. The van der Waals surface area contributed by atoms with E-state index in [-0.39, 0.29) is 11.1 Å². The van der Waals surface area contributed by atoms with Gasteiger partial charge in [-0.2, -0.15) is 0 Å². The molecule has 0 aromatic carbocycles. The van der Waals surface area contributed by atoms with E-state index in [0.717, 1.165) is 12.8 Å². The van der Waals surface area contributed by atoms with Crippen molar-refractivity contribution in [1.82, 2.24) is 0 Å². The van der Waals surface area contributed by atoms with Gasteiger partial charge >= 0.3 is 0 Å². The fraction of sp³-hybridized carbons (Fsp3) is 0.826. The van der Waals surface area contributed by atoms with Crippen LogP contribution in [0, 0.1) is 17.8 Å². The molecule has 1 N–H and O–H groups in total. The van der Waals surface area contributed by atoms with Crippen LogP contribution in [-0.2, 0) is 4.43 Å². The Bertz CT molecular complexity index is 503. The first-order valence-electron chi connectivity index (χ1n) is 10.8. The third-order valence-corrected chi connectivity index (χ3v) is 11.8. The number of allylic oxidation sites excluding steroid dienone is 1. The van der Waals surface area contributed by atoms with Crippen molar-refractivity contribution in [3.05, 3.63) is 24.3 Å². The van der Waals surface area contributed by atoms with Gasteiger partial charge in [0.15, 0.2) is 8.32 Å². The molecule has 2 rings (SSSR count). The van der Waals surface area contributed by atoms with Crippen LogP contribution in [0.15, 0.2) is 24.3 Å². The molecule has 0 aromatic heterocycles. The van der Waals surface area contributed by atoms with Crippen LogP contribution >= 0.6 is 0 Å². The Hall–Kier alpha value is -0.383. The second-order valence-electron chi connectivity index (χ2n) is 10.1. The lowest BCUT2D eigenvalue weighted by atomic mass is 9.71. The Labute approximate surface area is 163 Å². The molecule has 1 fully saturated rings. The minimum atomic E-state index is -1.70. The molecule has 5 unspecified atom stereocenters. The highest BCUT2D eigenvalue weighted by molar-refractivity contribution is 6.74. The molecule has 2 nitrogen and oxygen atoms in total. The largest absolute Gasteiger partial charge is 0.414 e. The van der Waals surface area contributed by atoms with Gasteiger partial charge in [-0.25, -0.2) is 0 Å². The summed E-state index contributed by atoms with van der Waals surface area (Å²) in [6.07, 6.45) is 12.4. The minimum absolute atomic E-state index is 0.208. The van der Waals surface area contributed by atoms with Gasteiger partial charge in [0.1, 0.15) is 0 Å². The summed E-state index contributed by atoms with van der Waals surface area (Å²) >= 11 is 0. The molecular weight excluding hydrogens is 336 g/mol. The normalized spacial score (nSPS) is 31.6. The fourth-order valence-electron chi connectivity index (χ4n) is 4.78. The molecule has 0 aliphatic heterocycles. The van der Waals surface area contributed by atoms with Gasteiger partial charge in [0.25, 0.3) is 0 Å². The van der Waals surface area contributed by atoms with Crippen molar-refractivity contribution < 1.29 is 9.53 Å². The lowest BCUT2D eigenvalue weighted by Crippen LogP contribution is -2.45. The van der Waals surface area contributed by atoms with Gasteiger partial charge in [-0.05, 0) is 68.5 Å². The minimum Gasteiger partial charge on any atom is -0.414 e. The Morgan fingerprint density at radius 1 is 1.35 bits per heavy atom. The number of hydrogen-bond donors (Lipinski definition) is 1. The van der Waals surface area contributed by atoms with E-state index in [4.69, 9.17) is 4.43 Å². The molecule has 2 aliphatic rings. The van der Waals surface area contributed by atoms with Gasteiger partial charge in [-0.15, -0.1) is 6.58 Å². The van der Waals surface area contributed by atoms with Gasteiger partial charge in [-0.3, -0.25) is 0 Å². The molecule has 0 heterocycles. The second-order valence-corrected chi connectivity index (χ2v) is 14.8. The van der Waals surface area contributed by atoms with Crippen molar-refractivity contribution in [2.75, 3.05) is 0 Å². The zero-order valence-corrected chi connectivity index (χ0v) is 19.1. The predicted octanol–water partition coefficient (Wildman–Crippen LogP) is 6.48. The van der Waals surface area contributed by atoms with Gasteiger partial charge in [0.05, 0.1) is 6.10 Å². The first-order chi connectivity index (χ1) is 12.1. The zero-order chi connectivity index (χ0) is 19.5. The molecule has 5 atom stereocenters. The maximum absolute atomic E-state index is 10.4. The predicted molar refractivity (Wildman–Crippen MR) is 115 cm³/mol. The van der Waals surface area contributed by atoms with Gasteiger partial charge in [0, 0.05) is 12.0 Å². The van der Waals surface area contributed by atoms with Crippen LogP contribution in [0.4, 0.5) is 0 Å². The molecule has 0 radical (unpaired) electrons. The quantitative estimate of drug-likeness (QED) is 0.406. The number of aliphatic hydroxyl groups excluding tert-OH is 1. The van der Waals surface area contributed by atoms with Crippen LogP contribution < -0.4 is 0 Å². The highest BCUT2D eigenvalue weighted by Gasteiger charge is 2.42. The summed E-state index contributed by atoms with van der Waals surface area (Å²) in [6.45, 7) is 18.0. The van der Waals surface area contributed by atoms with Crippen molar-refractivity contribution in [2.24, 2.45) is 17.8 Å². The molecular formula is C23H42O2Si. The van der Waals surface area contributed by atoms with Crippen LogP contribution in [0.5, 0.6) is 0 Å². The van der Waals surface area contributed by atoms with E-state index in [9.17, 15) is 5.11 Å². The van der Waals surface area contributed by atoms with E-state index in [1.165, 1.54) is 37.7 Å². The summed E-state index contributed by atoms with van der Waals surface area (Å²) in [7, 11) is -1.70. The van der Waals surface area contributed by atoms with Gasteiger partial charge in [-0.1, -0.05) is 51.8 Å². The fourth-order valence-corrected chi connectivity index (χ4v) is 6.18. The van der Waals surface area contributed by atoms with Crippen molar-refractivity contribution in [2.45, 2.75) is 103 Å². The third-order valence-electron chi connectivity index (χ3n) is 7.28. The molecule has 0 saturated heterocycles. The highest BCUT2D eigenvalue weighted by Crippen LogP contribution is 2.45. The maximum Gasteiger partial charge on any atom is 0.192 e. The molecule has 2 aliphatic carbocycles. The smallest absolute Gasteiger partial charge is 0.192 e. The van der Waals surface area contributed by atoms with Crippen molar-refractivity contribution >= 4 is 8.32 Å². The summed E-state index contributed by atoms with van der Waals surface area (Å²) in [5.74, 6) is 1.59. The van der Waals surface area contributed by atoms with E-state index in [2.05, 4.69) is 53.4 Å². The molecule has 26 heavy (non-hydrogen) atoms. The molecule has 150 valence electrons. The van der Waals surface area contributed by atoms with E-state index in [1.807, 2.05) is 6.08 Å². The lowest BCUT2D eigenvalue weighted by molar-refractivity contribution is 0.0860. The van der Waals surface area contributed by atoms with Crippen molar-refractivity contribution in [3.8, 4) is 0 Å². The van der Waals surface area contributed by atoms with E-state index in [0.29, 0.717) is 23.9 Å². The van der Waals surface area contributed by atoms with Crippen LogP contribution in [0.25, 0.3) is 0 Å². The molecule has 0 aromatic rings. The summed E-state index contributed by atoms with van der Waals surface area (Å²) in [4.78, 5) is 0. The molecule has 0 spiro atoms. The first kappa shape index (κ1) is 21.9. The number of rotatable bonds is 7. The number of hydrogen-bond acceptors (Lipinski definition) is 2. The van der Waals surface area contributed by atoms with E-state index >= 15 is 0 Å². The van der Waals surface area contributed by atoms with Crippen molar-refractivity contribution in [3.63, 3.8) is 0 Å². The van der Waals surface area contributed by atoms with Crippen LogP contribution in [-0.4, -0.2) is 25.6 Å². The Morgan fingerprint density at radius 3 is 2.62 bits per heavy atom. The summed E-state index contributed by atoms with van der Waals surface area (Å²) < 4.78 is 6.78. The van der Waals surface area contributed by atoms with Crippen LogP contribution in [0.3, 0.4) is 0 Å². The first-order valence-corrected chi connectivity index (χ1v) is 13.7.